The zero-order valence-corrected chi connectivity index (χ0v) is 12.3. The number of hydrogen-bond acceptors (Lipinski definition) is 6. The van der Waals surface area contributed by atoms with E-state index in [1.165, 1.54) is 13.4 Å². The van der Waals surface area contributed by atoms with Crippen LogP contribution in [0.25, 0.3) is 0 Å². The summed E-state index contributed by atoms with van der Waals surface area (Å²) in [6.45, 7) is 4.23. The van der Waals surface area contributed by atoms with Gasteiger partial charge in [-0.05, 0) is 20.3 Å². The average Bonchev–Trinajstić information content (AvgIpc) is 3.00. The van der Waals surface area contributed by atoms with Crippen molar-refractivity contribution in [3.05, 3.63) is 11.8 Å². The molecule has 2 fully saturated rings. The topological polar surface area (TPSA) is 86.4 Å². The third kappa shape index (κ3) is 2.16. The van der Waals surface area contributed by atoms with Gasteiger partial charge in [-0.1, -0.05) is 0 Å². The van der Waals surface area contributed by atoms with Gasteiger partial charge in [0.2, 0.25) is 0 Å². The van der Waals surface area contributed by atoms with Gasteiger partial charge in [-0.25, -0.2) is 9.59 Å². The van der Waals surface area contributed by atoms with Gasteiger partial charge in [0.25, 0.3) is 6.29 Å². The summed E-state index contributed by atoms with van der Waals surface area (Å²) in [5, 5.41) is 2.56. The largest absolute Gasteiger partial charge is 0.466 e. The molecule has 0 aromatic rings. The van der Waals surface area contributed by atoms with Crippen molar-refractivity contribution in [3.63, 3.8) is 0 Å². The number of carbonyl (C=O) groups is 2. The lowest BCUT2D eigenvalue weighted by atomic mass is 9.82. The monoisotopic (exact) mass is 297 g/mol. The van der Waals surface area contributed by atoms with Crippen LogP contribution in [0, 0.1) is 11.8 Å². The fourth-order valence-corrected chi connectivity index (χ4v) is 3.43. The van der Waals surface area contributed by atoms with Crippen molar-refractivity contribution in [2.24, 2.45) is 11.8 Å². The van der Waals surface area contributed by atoms with Crippen LogP contribution < -0.4 is 5.32 Å². The Morgan fingerprint density at radius 3 is 2.95 bits per heavy atom. The van der Waals surface area contributed by atoms with E-state index in [2.05, 4.69) is 5.32 Å². The Morgan fingerprint density at radius 1 is 1.52 bits per heavy atom. The number of esters is 1. The fraction of sp³-hybridized carbons (Fsp3) is 0.714. The maximum atomic E-state index is 11.8. The Balaban J connectivity index is 1.82. The molecule has 0 bridgehead atoms. The first kappa shape index (κ1) is 14.2. The summed E-state index contributed by atoms with van der Waals surface area (Å²) in [4.78, 5) is 23.5. The molecule has 2 heterocycles. The first-order chi connectivity index (χ1) is 10.0. The van der Waals surface area contributed by atoms with Crippen molar-refractivity contribution in [3.8, 4) is 0 Å². The normalized spacial score (nSPS) is 39.3. The van der Waals surface area contributed by atoms with Crippen LogP contribution in [0.4, 0.5) is 4.79 Å². The van der Waals surface area contributed by atoms with Crippen LogP contribution in [0.5, 0.6) is 0 Å². The maximum Gasteiger partial charge on any atom is 0.410 e. The number of fused-ring (bicyclic) bond motifs is 3. The van der Waals surface area contributed by atoms with Crippen LogP contribution in [0.2, 0.25) is 0 Å². The molecule has 7 heteroatoms. The van der Waals surface area contributed by atoms with Gasteiger partial charge in [-0.15, -0.1) is 0 Å². The van der Waals surface area contributed by atoms with Gasteiger partial charge < -0.3 is 24.3 Å². The lowest BCUT2D eigenvalue weighted by Crippen LogP contribution is -2.44. The molecule has 116 valence electrons. The number of methoxy groups -OCH3 is 1. The van der Waals surface area contributed by atoms with Gasteiger partial charge in [0.15, 0.2) is 0 Å². The molecule has 0 radical (unpaired) electrons. The second-order valence-electron chi connectivity index (χ2n) is 5.66. The summed E-state index contributed by atoms with van der Waals surface area (Å²) in [6, 6.07) is 0. The van der Waals surface area contributed by atoms with Crippen molar-refractivity contribution in [1.82, 2.24) is 5.32 Å². The van der Waals surface area contributed by atoms with E-state index in [9.17, 15) is 9.59 Å². The number of carbonyl (C=O) groups excluding carboxylic acids is 2. The molecule has 1 saturated heterocycles. The molecule has 1 aliphatic carbocycles. The Labute approximate surface area is 122 Å². The number of amides is 1. The highest BCUT2D eigenvalue weighted by atomic mass is 16.7. The summed E-state index contributed by atoms with van der Waals surface area (Å²) in [7, 11) is 1.34. The van der Waals surface area contributed by atoms with Crippen LogP contribution in [0.1, 0.15) is 20.3 Å². The van der Waals surface area contributed by atoms with Gasteiger partial charge in [0.1, 0.15) is 5.60 Å². The van der Waals surface area contributed by atoms with E-state index < -0.39 is 24.0 Å². The molecular weight excluding hydrogens is 278 g/mol. The molecule has 1 amide bonds. The first-order valence-corrected chi connectivity index (χ1v) is 7.07. The van der Waals surface area contributed by atoms with Gasteiger partial charge in [0, 0.05) is 12.5 Å². The minimum absolute atomic E-state index is 0.0718. The Kier molecular flexibility index (Phi) is 3.32. The lowest BCUT2D eigenvalue weighted by molar-refractivity contribution is -0.150. The molecule has 21 heavy (non-hydrogen) atoms. The second-order valence-corrected chi connectivity index (χ2v) is 5.66. The molecule has 2 aliphatic heterocycles. The van der Waals surface area contributed by atoms with Crippen molar-refractivity contribution in [2.75, 3.05) is 13.7 Å². The smallest absolute Gasteiger partial charge is 0.410 e. The van der Waals surface area contributed by atoms with E-state index in [1.807, 2.05) is 6.92 Å². The predicted molar refractivity (Wildman–Crippen MR) is 70.0 cm³/mol. The lowest BCUT2D eigenvalue weighted by Gasteiger charge is -2.35. The summed E-state index contributed by atoms with van der Waals surface area (Å²) in [5.74, 6) is -0.690. The van der Waals surface area contributed by atoms with Crippen molar-refractivity contribution >= 4 is 12.1 Å². The van der Waals surface area contributed by atoms with E-state index >= 15 is 0 Å². The highest BCUT2D eigenvalue weighted by Crippen LogP contribution is 2.60. The SMILES string of the molecule is CCNC(=O)O[C@@H]1OC=C(C(=O)OC)[C@H]2C[C@@H]3O[C@]3(C)[C@H]12. The predicted octanol–water partition coefficient (Wildman–Crippen LogP) is 0.939. The Bertz CT molecular complexity index is 504. The van der Waals surface area contributed by atoms with E-state index in [-0.39, 0.29) is 17.9 Å². The number of rotatable bonds is 3. The molecule has 0 aromatic carbocycles. The molecule has 0 spiro atoms. The molecule has 7 nitrogen and oxygen atoms in total. The highest BCUT2D eigenvalue weighted by molar-refractivity contribution is 5.89. The average molecular weight is 297 g/mol. The maximum absolute atomic E-state index is 11.8. The molecule has 1 saturated carbocycles. The van der Waals surface area contributed by atoms with Crippen LogP contribution in [-0.2, 0) is 23.7 Å². The summed E-state index contributed by atoms with van der Waals surface area (Å²) < 4.78 is 21.3. The van der Waals surface area contributed by atoms with E-state index in [0.717, 1.165) is 0 Å². The van der Waals surface area contributed by atoms with Crippen molar-refractivity contribution < 1.29 is 28.5 Å². The van der Waals surface area contributed by atoms with E-state index in [1.54, 1.807) is 6.92 Å². The molecular formula is C14H19NO6. The number of alkyl carbamates (subject to hydrolysis) is 1. The molecule has 0 unspecified atom stereocenters. The molecule has 3 rings (SSSR count). The zero-order chi connectivity index (χ0) is 15.2. The molecule has 5 atom stereocenters. The standard InChI is InChI=1S/C14H19NO6/c1-4-15-13(17)20-12-10-7(5-9-14(10,2)21-9)8(6-19-12)11(16)18-3/h6-7,9-10,12H,4-5H2,1-3H3,(H,15,17)/t7-,9+,10+,12+,14+/m1/s1. The van der Waals surface area contributed by atoms with E-state index in [4.69, 9.17) is 18.9 Å². The number of hydrogen-bond donors (Lipinski definition) is 1. The third-order valence-corrected chi connectivity index (χ3v) is 4.53. The van der Waals surface area contributed by atoms with E-state index in [0.29, 0.717) is 18.5 Å². The number of epoxide rings is 1. The number of ether oxygens (including phenoxy) is 4. The van der Waals surface area contributed by atoms with Crippen molar-refractivity contribution in [2.45, 2.75) is 38.3 Å². The number of nitrogens with one attached hydrogen (secondary N) is 1. The summed E-state index contributed by atoms with van der Waals surface area (Å²) in [6.07, 6.45) is 0.838. The molecule has 0 aromatic heterocycles. The Morgan fingerprint density at radius 2 is 2.29 bits per heavy atom. The van der Waals surface area contributed by atoms with Crippen LogP contribution in [0.3, 0.4) is 0 Å². The molecule has 3 aliphatic rings. The van der Waals surface area contributed by atoms with Crippen LogP contribution in [0.15, 0.2) is 11.8 Å². The van der Waals surface area contributed by atoms with Crippen LogP contribution >= 0.6 is 0 Å². The van der Waals surface area contributed by atoms with Crippen LogP contribution in [-0.4, -0.2) is 43.7 Å². The van der Waals surface area contributed by atoms with Crippen molar-refractivity contribution in [1.29, 1.82) is 0 Å². The van der Waals surface area contributed by atoms with Gasteiger partial charge in [-0.3, -0.25) is 0 Å². The summed E-state index contributed by atoms with van der Waals surface area (Å²) >= 11 is 0. The van der Waals surface area contributed by atoms with Gasteiger partial charge >= 0.3 is 12.1 Å². The quantitative estimate of drug-likeness (QED) is 0.616. The minimum Gasteiger partial charge on any atom is -0.466 e. The summed E-state index contributed by atoms with van der Waals surface area (Å²) in [5.41, 5.74) is 0.0744. The third-order valence-electron chi connectivity index (χ3n) is 4.53. The second kappa shape index (κ2) is 4.91. The van der Waals surface area contributed by atoms with Gasteiger partial charge in [0.05, 0.1) is 31.0 Å². The highest BCUT2D eigenvalue weighted by Gasteiger charge is 2.71. The van der Waals surface area contributed by atoms with Gasteiger partial charge in [-0.2, -0.15) is 0 Å². The minimum atomic E-state index is -0.757. The first-order valence-electron chi connectivity index (χ1n) is 7.07. The Hall–Kier alpha value is -1.76. The zero-order valence-electron chi connectivity index (χ0n) is 12.3. The molecule has 1 N–H and O–H groups in total. The fourth-order valence-electron chi connectivity index (χ4n) is 3.43.